The lowest BCUT2D eigenvalue weighted by molar-refractivity contribution is 1.06. The second-order valence-corrected chi connectivity index (χ2v) is 17.1. The van der Waals surface area contributed by atoms with Gasteiger partial charge in [0.25, 0.3) is 0 Å². The minimum atomic E-state index is 0.462. The quantitative estimate of drug-likeness (QED) is 0.160. The van der Waals surface area contributed by atoms with Gasteiger partial charge in [0.15, 0.2) is 17.5 Å². The SMILES string of the molecule is N#Cc1ccc(-n2c3ccccc3c3ccc4c(c5ccccc5n4-c4ccc5ccccc5c4)c32)c(-c2nc(-c3ccc(-c4ccccc4)cc3)nc(-c3ccccc3-c3ccccc3)n2)c1. The Labute approximate surface area is 391 Å². The van der Waals surface area contributed by atoms with Crippen molar-refractivity contribution in [3.05, 3.63) is 236 Å². The molecule has 0 N–H and O–H groups in total. The van der Waals surface area contributed by atoms with E-state index in [0.29, 0.717) is 28.6 Å². The Kier molecular flexibility index (Phi) is 9.12. The molecule has 0 saturated heterocycles. The van der Waals surface area contributed by atoms with E-state index in [1.54, 1.807) is 0 Å². The molecule has 0 aliphatic heterocycles. The number of para-hydroxylation sites is 2. The van der Waals surface area contributed by atoms with Gasteiger partial charge in [-0.25, -0.2) is 15.0 Å². The molecule has 0 fully saturated rings. The van der Waals surface area contributed by atoms with Gasteiger partial charge in [0.1, 0.15) is 0 Å². The van der Waals surface area contributed by atoms with Gasteiger partial charge in [-0.05, 0) is 81.6 Å². The largest absolute Gasteiger partial charge is 0.309 e. The van der Waals surface area contributed by atoms with Crippen molar-refractivity contribution in [2.45, 2.75) is 0 Å². The van der Waals surface area contributed by atoms with Gasteiger partial charge in [-0.2, -0.15) is 5.26 Å². The summed E-state index contributed by atoms with van der Waals surface area (Å²) in [6, 6.07) is 82.7. The summed E-state index contributed by atoms with van der Waals surface area (Å²) in [5, 5.41) is 17.4. The third-order valence-corrected chi connectivity index (χ3v) is 13.2. The summed E-state index contributed by atoms with van der Waals surface area (Å²) >= 11 is 0. The van der Waals surface area contributed by atoms with E-state index < -0.39 is 0 Å². The third-order valence-electron chi connectivity index (χ3n) is 13.2. The lowest BCUT2D eigenvalue weighted by Crippen LogP contribution is -2.04. The summed E-state index contributed by atoms with van der Waals surface area (Å²) in [6.07, 6.45) is 0. The van der Waals surface area contributed by atoms with Gasteiger partial charge in [-0.1, -0.05) is 182 Å². The molecule has 0 atom stereocenters. The van der Waals surface area contributed by atoms with Crippen molar-refractivity contribution in [3.63, 3.8) is 0 Å². The summed E-state index contributed by atoms with van der Waals surface area (Å²) in [6.45, 7) is 0. The van der Waals surface area contributed by atoms with Crippen LogP contribution >= 0.6 is 0 Å². The molecule has 10 aromatic carbocycles. The van der Waals surface area contributed by atoms with Crippen molar-refractivity contribution in [2.24, 2.45) is 0 Å². The van der Waals surface area contributed by atoms with E-state index in [4.69, 9.17) is 15.0 Å². The van der Waals surface area contributed by atoms with Gasteiger partial charge in [-0.15, -0.1) is 0 Å². The van der Waals surface area contributed by atoms with Crippen molar-refractivity contribution in [2.75, 3.05) is 0 Å². The number of hydrogen-bond donors (Lipinski definition) is 0. The lowest BCUT2D eigenvalue weighted by Gasteiger charge is -2.16. The van der Waals surface area contributed by atoms with E-state index in [9.17, 15) is 5.26 Å². The van der Waals surface area contributed by atoms with E-state index >= 15 is 0 Å². The molecular weight excluding hydrogens is 829 g/mol. The summed E-state index contributed by atoms with van der Waals surface area (Å²) in [5.74, 6) is 1.53. The summed E-state index contributed by atoms with van der Waals surface area (Å²) in [5.41, 5.74) is 13.5. The van der Waals surface area contributed by atoms with Crippen LogP contribution in [0.25, 0.3) is 122 Å². The fourth-order valence-electron chi connectivity index (χ4n) is 10.1. The molecule has 68 heavy (non-hydrogen) atoms. The normalized spacial score (nSPS) is 11.5. The van der Waals surface area contributed by atoms with E-state index in [2.05, 4.69) is 197 Å². The predicted molar refractivity (Wildman–Crippen MR) is 278 cm³/mol. The first-order valence-electron chi connectivity index (χ1n) is 22.7. The first-order chi connectivity index (χ1) is 33.7. The van der Waals surface area contributed by atoms with Gasteiger partial charge in [0.2, 0.25) is 0 Å². The second kappa shape index (κ2) is 15.9. The maximum absolute atomic E-state index is 10.5. The molecule has 13 rings (SSSR count). The molecule has 0 aliphatic carbocycles. The van der Waals surface area contributed by atoms with Crippen molar-refractivity contribution >= 4 is 54.4 Å². The van der Waals surface area contributed by atoms with Gasteiger partial charge in [0.05, 0.1) is 39.4 Å². The van der Waals surface area contributed by atoms with Crippen LogP contribution in [0.15, 0.2) is 231 Å². The van der Waals surface area contributed by atoms with Gasteiger partial charge in [0, 0.05) is 43.9 Å². The summed E-state index contributed by atoms with van der Waals surface area (Å²) in [7, 11) is 0. The van der Waals surface area contributed by atoms with Crippen LogP contribution in [0.3, 0.4) is 0 Å². The Morgan fingerprint density at radius 1 is 0.353 bits per heavy atom. The molecule has 0 aliphatic rings. The Hall–Kier alpha value is -9.44. The molecule has 0 amide bonds. The van der Waals surface area contributed by atoms with Crippen LogP contribution in [-0.2, 0) is 0 Å². The molecule has 0 saturated carbocycles. The smallest absolute Gasteiger partial charge is 0.166 e. The average molecular weight is 867 g/mol. The lowest BCUT2D eigenvalue weighted by atomic mass is 9.99. The number of hydrogen-bond acceptors (Lipinski definition) is 4. The minimum Gasteiger partial charge on any atom is -0.309 e. The molecule has 0 radical (unpaired) electrons. The number of nitriles is 1. The highest BCUT2D eigenvalue weighted by molar-refractivity contribution is 6.26. The first-order valence-corrected chi connectivity index (χ1v) is 22.7. The second-order valence-electron chi connectivity index (χ2n) is 17.1. The molecule has 3 heterocycles. The zero-order chi connectivity index (χ0) is 45.1. The molecular formula is C62H38N6. The number of rotatable bonds is 7. The first kappa shape index (κ1) is 39.0. The monoisotopic (exact) mass is 866 g/mol. The molecule has 13 aromatic rings. The van der Waals surface area contributed by atoms with Crippen molar-refractivity contribution in [1.82, 2.24) is 24.1 Å². The van der Waals surface area contributed by atoms with Crippen LogP contribution in [0.2, 0.25) is 0 Å². The molecule has 0 unspecified atom stereocenters. The van der Waals surface area contributed by atoms with Crippen LogP contribution in [-0.4, -0.2) is 24.1 Å². The Balaban J connectivity index is 1.10. The molecule has 6 heteroatoms. The molecule has 0 bridgehead atoms. The zero-order valence-corrected chi connectivity index (χ0v) is 36.6. The third kappa shape index (κ3) is 6.37. The van der Waals surface area contributed by atoms with Crippen molar-refractivity contribution < 1.29 is 0 Å². The average Bonchev–Trinajstić information content (AvgIpc) is 3.94. The topological polar surface area (TPSA) is 72.3 Å². The predicted octanol–water partition coefficient (Wildman–Crippen LogP) is 15.4. The fraction of sp³-hybridized carbons (Fsp3) is 0. The van der Waals surface area contributed by atoms with Gasteiger partial charge < -0.3 is 9.13 Å². The van der Waals surface area contributed by atoms with Crippen molar-refractivity contribution in [3.8, 4) is 73.9 Å². The maximum Gasteiger partial charge on any atom is 0.166 e. The fourth-order valence-corrected chi connectivity index (χ4v) is 10.1. The van der Waals surface area contributed by atoms with E-state index in [0.717, 1.165) is 88.4 Å². The summed E-state index contributed by atoms with van der Waals surface area (Å²) in [4.78, 5) is 16.0. The molecule has 316 valence electrons. The maximum atomic E-state index is 10.5. The van der Waals surface area contributed by atoms with Crippen LogP contribution in [0.1, 0.15) is 5.56 Å². The van der Waals surface area contributed by atoms with Crippen LogP contribution < -0.4 is 0 Å². The van der Waals surface area contributed by atoms with E-state index in [1.807, 2.05) is 48.5 Å². The zero-order valence-electron chi connectivity index (χ0n) is 36.6. The van der Waals surface area contributed by atoms with Crippen molar-refractivity contribution in [1.29, 1.82) is 5.26 Å². The van der Waals surface area contributed by atoms with E-state index in [1.165, 1.54) is 10.8 Å². The summed E-state index contributed by atoms with van der Waals surface area (Å²) < 4.78 is 4.74. The molecule has 3 aromatic heterocycles. The molecule has 0 spiro atoms. The number of nitrogens with zero attached hydrogens (tertiary/aromatic N) is 6. The Bertz CT molecular complexity index is 4140. The van der Waals surface area contributed by atoms with Crippen LogP contribution in [0.5, 0.6) is 0 Å². The number of fused-ring (bicyclic) bond motifs is 8. The highest BCUT2D eigenvalue weighted by atomic mass is 15.1. The Morgan fingerprint density at radius 2 is 0.941 bits per heavy atom. The van der Waals surface area contributed by atoms with Gasteiger partial charge in [-0.3, -0.25) is 0 Å². The number of aromatic nitrogens is 5. The standard InChI is InChI=1S/C62H38N6/c63-39-40-27-35-56(68-54-25-13-11-22-49(54)50-34-36-57-58(59(50)68)52-24-12-14-26-55(52)67(57)47-33-32-42-17-7-8-20-46(42)38-47)53(37-40)62-65-60(45-30-28-43(29-31-45)41-15-3-1-4-16-41)64-61(66-62)51-23-10-9-21-48(51)44-18-5-2-6-19-44/h1-38H. The van der Waals surface area contributed by atoms with E-state index in [-0.39, 0.29) is 0 Å². The highest BCUT2D eigenvalue weighted by Crippen LogP contribution is 2.44. The molecule has 6 nitrogen and oxygen atoms in total. The Morgan fingerprint density at radius 3 is 1.71 bits per heavy atom. The highest BCUT2D eigenvalue weighted by Gasteiger charge is 2.24. The van der Waals surface area contributed by atoms with Crippen LogP contribution in [0.4, 0.5) is 0 Å². The number of benzene rings is 10. The minimum absolute atomic E-state index is 0.462. The van der Waals surface area contributed by atoms with Gasteiger partial charge >= 0.3 is 0 Å². The van der Waals surface area contributed by atoms with Crippen LogP contribution in [0, 0.1) is 11.3 Å².